The van der Waals surface area contributed by atoms with Crippen LogP contribution in [0.15, 0.2) is 62.7 Å². The van der Waals surface area contributed by atoms with Crippen LogP contribution < -0.4 is 11.2 Å². The SMILES string of the molecule is Cn1c(COC(=O)[C@@H]2Cc3ccccc3CN2C(=O)c2ccco2)cc(=O)n(C)c1=O. The van der Waals surface area contributed by atoms with E-state index in [9.17, 15) is 19.2 Å². The highest BCUT2D eigenvalue weighted by Crippen LogP contribution is 2.26. The Kier molecular flexibility index (Phi) is 5.33. The summed E-state index contributed by atoms with van der Waals surface area (Å²) in [6.45, 7) is -0.0264. The van der Waals surface area contributed by atoms with Gasteiger partial charge in [-0.05, 0) is 23.3 Å². The van der Waals surface area contributed by atoms with E-state index >= 15 is 0 Å². The van der Waals surface area contributed by atoms with Gasteiger partial charge >= 0.3 is 11.7 Å². The van der Waals surface area contributed by atoms with E-state index in [-0.39, 0.29) is 31.0 Å². The van der Waals surface area contributed by atoms with E-state index in [1.54, 1.807) is 12.1 Å². The summed E-state index contributed by atoms with van der Waals surface area (Å²) in [7, 11) is 2.87. The van der Waals surface area contributed by atoms with Crippen molar-refractivity contribution in [3.8, 4) is 0 Å². The molecule has 1 aromatic carbocycles. The second kappa shape index (κ2) is 8.10. The van der Waals surface area contributed by atoms with Crippen LogP contribution in [0.5, 0.6) is 0 Å². The highest BCUT2D eigenvalue weighted by Gasteiger charge is 2.37. The first-order valence-electron chi connectivity index (χ1n) is 9.70. The smallest absolute Gasteiger partial charge is 0.330 e. The van der Waals surface area contributed by atoms with E-state index in [2.05, 4.69) is 0 Å². The quantitative estimate of drug-likeness (QED) is 0.580. The minimum absolute atomic E-state index is 0.131. The second-order valence-electron chi connectivity index (χ2n) is 7.38. The molecule has 1 aliphatic rings. The first-order chi connectivity index (χ1) is 14.9. The molecule has 0 saturated carbocycles. The maximum absolute atomic E-state index is 13.0. The molecule has 9 heteroatoms. The van der Waals surface area contributed by atoms with Crippen LogP contribution in [0.4, 0.5) is 0 Å². The van der Waals surface area contributed by atoms with Gasteiger partial charge in [0, 0.05) is 33.1 Å². The van der Waals surface area contributed by atoms with E-state index in [0.29, 0.717) is 0 Å². The van der Waals surface area contributed by atoms with Crippen molar-refractivity contribution < 1.29 is 18.7 Å². The lowest BCUT2D eigenvalue weighted by molar-refractivity contribution is -0.151. The molecule has 9 nitrogen and oxygen atoms in total. The third-order valence-corrected chi connectivity index (χ3v) is 5.50. The average molecular weight is 423 g/mol. The Morgan fingerprint density at radius 3 is 2.52 bits per heavy atom. The Labute approximate surface area is 177 Å². The largest absolute Gasteiger partial charge is 0.459 e. The van der Waals surface area contributed by atoms with Crippen molar-refractivity contribution in [2.75, 3.05) is 0 Å². The predicted octanol–water partition coefficient (Wildman–Crippen LogP) is 0.987. The molecule has 0 N–H and O–H groups in total. The van der Waals surface area contributed by atoms with Gasteiger partial charge in [0.2, 0.25) is 0 Å². The van der Waals surface area contributed by atoms with Crippen LogP contribution >= 0.6 is 0 Å². The molecule has 4 rings (SSSR count). The number of furan rings is 1. The summed E-state index contributed by atoms with van der Waals surface area (Å²) in [4.78, 5) is 51.4. The van der Waals surface area contributed by atoms with E-state index in [1.165, 1.54) is 35.9 Å². The molecule has 0 fully saturated rings. The molecule has 160 valence electrons. The van der Waals surface area contributed by atoms with Crippen LogP contribution in [0, 0.1) is 0 Å². The summed E-state index contributed by atoms with van der Waals surface area (Å²) < 4.78 is 12.9. The van der Waals surface area contributed by atoms with Crippen molar-refractivity contribution in [3.63, 3.8) is 0 Å². The molecule has 0 bridgehead atoms. The molecular weight excluding hydrogens is 402 g/mol. The van der Waals surface area contributed by atoms with Crippen LogP contribution in [0.1, 0.15) is 27.4 Å². The zero-order chi connectivity index (χ0) is 22.1. The fraction of sp³-hybridized carbons (Fsp3) is 0.273. The molecule has 2 aromatic heterocycles. The molecule has 0 spiro atoms. The summed E-state index contributed by atoms with van der Waals surface area (Å²) in [6.07, 6.45) is 1.69. The number of nitrogens with zero attached hydrogens (tertiary/aromatic N) is 3. The number of carbonyl (C=O) groups is 2. The summed E-state index contributed by atoms with van der Waals surface area (Å²) in [5.41, 5.74) is 1.16. The van der Waals surface area contributed by atoms with Gasteiger partial charge in [0.25, 0.3) is 11.5 Å². The number of fused-ring (bicyclic) bond motifs is 1. The number of hydrogen-bond acceptors (Lipinski definition) is 6. The van der Waals surface area contributed by atoms with Crippen LogP contribution in [-0.4, -0.2) is 32.0 Å². The minimum atomic E-state index is -0.865. The second-order valence-corrected chi connectivity index (χ2v) is 7.38. The molecular formula is C22H21N3O6. The Bertz CT molecular complexity index is 1250. The zero-order valence-electron chi connectivity index (χ0n) is 17.1. The van der Waals surface area contributed by atoms with Gasteiger partial charge in [-0.15, -0.1) is 0 Å². The van der Waals surface area contributed by atoms with Crippen LogP contribution in [0.2, 0.25) is 0 Å². The third kappa shape index (κ3) is 3.81. The Morgan fingerprint density at radius 1 is 1.06 bits per heavy atom. The third-order valence-electron chi connectivity index (χ3n) is 5.50. The Balaban J connectivity index is 1.59. The Morgan fingerprint density at radius 2 is 1.81 bits per heavy atom. The molecule has 3 heterocycles. The lowest BCUT2D eigenvalue weighted by atomic mass is 9.93. The lowest BCUT2D eigenvalue weighted by Crippen LogP contribution is -2.49. The standard InChI is InChI=1S/C22H21N3O6/c1-23-16(11-19(26)24(2)22(23)29)13-31-21(28)17-10-14-6-3-4-7-15(14)12-25(17)20(27)18-8-5-9-30-18/h3-9,11,17H,10,12-13H2,1-2H3/t17-/m0/s1. The van der Waals surface area contributed by atoms with Gasteiger partial charge in [0.15, 0.2) is 5.76 Å². The maximum atomic E-state index is 13.0. The number of aromatic nitrogens is 2. The van der Waals surface area contributed by atoms with Crippen molar-refractivity contribution in [2.24, 2.45) is 14.1 Å². The lowest BCUT2D eigenvalue weighted by Gasteiger charge is -2.34. The fourth-order valence-electron chi connectivity index (χ4n) is 3.65. The van der Waals surface area contributed by atoms with Crippen LogP contribution in [0.3, 0.4) is 0 Å². The topological polar surface area (TPSA) is 104 Å². The van der Waals surface area contributed by atoms with Gasteiger partial charge in [0.05, 0.1) is 12.0 Å². The van der Waals surface area contributed by atoms with Gasteiger partial charge in [-0.25, -0.2) is 9.59 Å². The van der Waals surface area contributed by atoms with Gasteiger partial charge in [-0.2, -0.15) is 0 Å². The normalized spacial score (nSPS) is 15.4. The molecule has 1 amide bonds. The molecule has 0 radical (unpaired) electrons. The summed E-state index contributed by atoms with van der Waals surface area (Å²) in [5, 5.41) is 0. The molecule has 31 heavy (non-hydrogen) atoms. The molecule has 3 aromatic rings. The first kappa shape index (κ1) is 20.4. The summed E-state index contributed by atoms with van der Waals surface area (Å²) in [6, 6.07) is 11.1. The summed E-state index contributed by atoms with van der Waals surface area (Å²) >= 11 is 0. The van der Waals surface area contributed by atoms with Gasteiger partial charge in [0.1, 0.15) is 12.6 Å². The van der Waals surface area contributed by atoms with E-state index in [1.807, 2.05) is 24.3 Å². The van der Waals surface area contributed by atoms with Gasteiger partial charge in [-0.3, -0.25) is 18.7 Å². The number of hydrogen-bond donors (Lipinski definition) is 0. The van der Waals surface area contributed by atoms with Crippen molar-refractivity contribution in [2.45, 2.75) is 25.6 Å². The fourth-order valence-corrected chi connectivity index (χ4v) is 3.65. The number of benzene rings is 1. The van der Waals surface area contributed by atoms with Crippen molar-refractivity contribution >= 4 is 11.9 Å². The number of ether oxygens (including phenoxy) is 1. The van der Waals surface area contributed by atoms with Crippen molar-refractivity contribution in [3.05, 3.63) is 92.1 Å². The van der Waals surface area contributed by atoms with Gasteiger partial charge < -0.3 is 14.1 Å². The predicted molar refractivity (Wildman–Crippen MR) is 109 cm³/mol. The molecule has 1 atom stereocenters. The first-order valence-corrected chi connectivity index (χ1v) is 9.70. The van der Waals surface area contributed by atoms with E-state index in [0.717, 1.165) is 15.7 Å². The number of carbonyl (C=O) groups excluding carboxylic acids is 2. The average Bonchev–Trinajstić information content (AvgIpc) is 3.32. The van der Waals surface area contributed by atoms with E-state index < -0.39 is 29.2 Å². The summed E-state index contributed by atoms with van der Waals surface area (Å²) in [5.74, 6) is -0.906. The molecule has 1 aliphatic heterocycles. The molecule has 0 unspecified atom stereocenters. The highest BCUT2D eigenvalue weighted by atomic mass is 16.5. The Hall–Kier alpha value is -3.88. The monoisotopic (exact) mass is 423 g/mol. The minimum Gasteiger partial charge on any atom is -0.459 e. The van der Waals surface area contributed by atoms with Crippen molar-refractivity contribution in [1.29, 1.82) is 0 Å². The zero-order valence-corrected chi connectivity index (χ0v) is 17.1. The van der Waals surface area contributed by atoms with E-state index in [4.69, 9.17) is 9.15 Å². The van der Waals surface area contributed by atoms with Crippen molar-refractivity contribution in [1.82, 2.24) is 14.0 Å². The number of esters is 1. The maximum Gasteiger partial charge on any atom is 0.330 e. The van der Waals surface area contributed by atoms with Crippen LogP contribution in [0.25, 0.3) is 0 Å². The molecule has 0 saturated heterocycles. The number of amides is 1. The number of rotatable bonds is 4. The van der Waals surface area contributed by atoms with Crippen LogP contribution in [-0.2, 0) is 43.2 Å². The van der Waals surface area contributed by atoms with Gasteiger partial charge in [-0.1, -0.05) is 24.3 Å². The highest BCUT2D eigenvalue weighted by molar-refractivity contribution is 5.95. The molecule has 0 aliphatic carbocycles.